The van der Waals surface area contributed by atoms with Gasteiger partial charge in [0.1, 0.15) is 35.6 Å². The minimum Gasteiger partial charge on any atom is -0.487 e. The molecule has 0 bridgehead atoms. The third-order valence-corrected chi connectivity index (χ3v) is 6.68. The topological polar surface area (TPSA) is 85.3 Å². The first-order chi connectivity index (χ1) is 16.0. The fraction of sp³-hybridized carbons (Fsp3) is 0.333. The number of Topliss-reactive ketones (excluding diaryl/α,β-unsaturated/α-hetero) is 1. The number of allylic oxidation sites excluding steroid dienone is 3. The first-order valence-corrected chi connectivity index (χ1v) is 11.4. The Morgan fingerprint density at radius 3 is 2.65 bits per heavy atom. The summed E-state index contributed by atoms with van der Waals surface area (Å²) < 4.78 is 25.0. The van der Waals surface area contributed by atoms with Crippen molar-refractivity contribution in [2.24, 2.45) is 11.1 Å². The molecule has 34 heavy (non-hydrogen) atoms. The van der Waals surface area contributed by atoms with Crippen LogP contribution >= 0.6 is 11.6 Å². The van der Waals surface area contributed by atoms with E-state index in [1.54, 1.807) is 0 Å². The van der Waals surface area contributed by atoms with Crippen molar-refractivity contribution in [1.29, 1.82) is 5.26 Å². The molecule has 0 saturated carbocycles. The number of nitrogens with zero attached hydrogens (tertiary/aromatic N) is 1. The Morgan fingerprint density at radius 1 is 1.24 bits per heavy atom. The molecule has 4 rings (SSSR count). The summed E-state index contributed by atoms with van der Waals surface area (Å²) >= 11 is 6.10. The van der Waals surface area contributed by atoms with Crippen LogP contribution in [0.15, 0.2) is 53.1 Å². The smallest absolute Gasteiger partial charge is 0.205 e. The van der Waals surface area contributed by atoms with Gasteiger partial charge in [0, 0.05) is 18.4 Å². The van der Waals surface area contributed by atoms with E-state index in [1.807, 2.05) is 39.8 Å². The van der Waals surface area contributed by atoms with Crippen molar-refractivity contribution < 1.29 is 18.7 Å². The van der Waals surface area contributed by atoms with Crippen molar-refractivity contribution in [3.8, 4) is 11.8 Å². The van der Waals surface area contributed by atoms with E-state index in [0.29, 0.717) is 29.9 Å². The van der Waals surface area contributed by atoms with Crippen LogP contribution in [-0.4, -0.2) is 5.78 Å². The van der Waals surface area contributed by atoms with Crippen LogP contribution in [0.4, 0.5) is 4.39 Å². The summed E-state index contributed by atoms with van der Waals surface area (Å²) in [5, 5.41) is 10.1. The van der Waals surface area contributed by atoms with Crippen molar-refractivity contribution in [3.05, 3.63) is 86.2 Å². The highest BCUT2D eigenvalue weighted by molar-refractivity contribution is 6.32. The lowest BCUT2D eigenvalue weighted by Gasteiger charge is -2.37. The van der Waals surface area contributed by atoms with E-state index in [-0.39, 0.29) is 34.3 Å². The monoisotopic (exact) mass is 480 g/mol. The molecule has 0 fully saturated rings. The SMILES string of the molecule is Cc1cc(C)c([C@H]2C(C#N)=C(N)OC3=C2C(=O)CC(C)(C)C3)cc1COc1ccc(F)cc1Cl. The van der Waals surface area contributed by atoms with Crippen LogP contribution < -0.4 is 10.5 Å². The lowest BCUT2D eigenvalue weighted by molar-refractivity contribution is -0.119. The summed E-state index contributed by atoms with van der Waals surface area (Å²) in [4.78, 5) is 13.3. The molecule has 2 aliphatic rings. The molecule has 0 radical (unpaired) electrons. The number of aryl methyl sites for hydroxylation is 2. The molecule has 1 atom stereocenters. The molecule has 1 heterocycles. The van der Waals surface area contributed by atoms with Crippen molar-refractivity contribution in [2.75, 3.05) is 0 Å². The maximum Gasteiger partial charge on any atom is 0.205 e. The number of ether oxygens (including phenoxy) is 2. The Hall–Kier alpha value is -3.30. The Morgan fingerprint density at radius 2 is 1.97 bits per heavy atom. The molecular weight excluding hydrogens is 455 g/mol. The predicted octanol–water partition coefficient (Wildman–Crippen LogP) is 6.13. The van der Waals surface area contributed by atoms with E-state index in [9.17, 15) is 14.4 Å². The fourth-order valence-electron chi connectivity index (χ4n) is 4.73. The molecule has 2 aromatic rings. The molecular formula is C27H26ClFN2O3. The highest BCUT2D eigenvalue weighted by atomic mass is 35.5. The molecule has 2 N–H and O–H groups in total. The largest absolute Gasteiger partial charge is 0.487 e. The van der Waals surface area contributed by atoms with E-state index >= 15 is 0 Å². The summed E-state index contributed by atoms with van der Waals surface area (Å²) in [6.45, 7) is 8.11. The molecule has 5 nitrogen and oxygen atoms in total. The molecule has 0 amide bonds. The zero-order chi connectivity index (χ0) is 24.8. The van der Waals surface area contributed by atoms with Gasteiger partial charge in [-0.3, -0.25) is 4.79 Å². The second-order valence-electron chi connectivity index (χ2n) is 9.70. The van der Waals surface area contributed by atoms with Gasteiger partial charge in [-0.2, -0.15) is 5.26 Å². The van der Waals surface area contributed by atoms with Gasteiger partial charge < -0.3 is 15.2 Å². The standard InChI is InChI=1S/C27H26ClFN2O3/c1-14-7-15(2)18(8-16(14)13-33-22-6-5-17(29)9-20(22)28)24-19(12-30)26(31)34-23-11-27(3,4)10-21(32)25(23)24/h5-9,24H,10-11,13,31H2,1-4H3/t24-/m0/s1. The predicted molar refractivity (Wildman–Crippen MR) is 127 cm³/mol. The van der Waals surface area contributed by atoms with Crippen LogP contribution in [0.1, 0.15) is 54.9 Å². The zero-order valence-electron chi connectivity index (χ0n) is 19.6. The quantitative estimate of drug-likeness (QED) is 0.569. The normalized spacial score (nSPS) is 19.4. The van der Waals surface area contributed by atoms with Crippen LogP contribution in [-0.2, 0) is 16.1 Å². The molecule has 0 spiro atoms. The van der Waals surface area contributed by atoms with Crippen LogP contribution in [0.25, 0.3) is 0 Å². The van der Waals surface area contributed by atoms with Gasteiger partial charge in [0.05, 0.1) is 10.9 Å². The van der Waals surface area contributed by atoms with Crippen molar-refractivity contribution >= 4 is 17.4 Å². The van der Waals surface area contributed by atoms with E-state index in [4.69, 9.17) is 26.8 Å². The molecule has 0 saturated heterocycles. The summed E-state index contributed by atoms with van der Waals surface area (Å²) in [7, 11) is 0. The average molecular weight is 481 g/mol. The molecule has 0 aromatic heterocycles. The average Bonchev–Trinajstić information content (AvgIpc) is 2.72. The van der Waals surface area contributed by atoms with Crippen LogP contribution in [0, 0.1) is 36.4 Å². The van der Waals surface area contributed by atoms with Gasteiger partial charge in [0.25, 0.3) is 0 Å². The second-order valence-corrected chi connectivity index (χ2v) is 10.1. The molecule has 176 valence electrons. The van der Waals surface area contributed by atoms with E-state index in [1.165, 1.54) is 18.2 Å². The van der Waals surface area contributed by atoms with Gasteiger partial charge in [0.2, 0.25) is 5.88 Å². The minimum atomic E-state index is -0.605. The number of hydrogen-bond acceptors (Lipinski definition) is 5. The molecule has 1 aliphatic heterocycles. The highest BCUT2D eigenvalue weighted by Crippen LogP contribution is 2.48. The summed E-state index contributed by atoms with van der Waals surface area (Å²) in [6, 6.07) is 10.1. The summed E-state index contributed by atoms with van der Waals surface area (Å²) in [5.74, 6) is -0.139. The third-order valence-electron chi connectivity index (χ3n) is 6.39. The third kappa shape index (κ3) is 4.41. The first kappa shape index (κ1) is 23.8. The number of halogens is 2. The lowest BCUT2D eigenvalue weighted by Crippen LogP contribution is -2.33. The summed E-state index contributed by atoms with van der Waals surface area (Å²) in [6.07, 6.45) is 0.933. The fourth-order valence-corrected chi connectivity index (χ4v) is 4.95. The second kappa shape index (κ2) is 8.81. The number of rotatable bonds is 4. The van der Waals surface area contributed by atoms with E-state index < -0.39 is 11.7 Å². The zero-order valence-corrected chi connectivity index (χ0v) is 20.3. The van der Waals surface area contributed by atoms with Gasteiger partial charge in [0.15, 0.2) is 5.78 Å². The first-order valence-electron chi connectivity index (χ1n) is 11.0. The Kier molecular flexibility index (Phi) is 6.18. The number of nitriles is 1. The molecule has 7 heteroatoms. The highest BCUT2D eigenvalue weighted by Gasteiger charge is 2.43. The minimum absolute atomic E-state index is 0.0348. The Labute approximate surface area is 203 Å². The maximum atomic E-state index is 13.4. The van der Waals surface area contributed by atoms with Crippen LogP contribution in [0.3, 0.4) is 0 Å². The molecule has 2 aromatic carbocycles. The summed E-state index contributed by atoms with van der Waals surface area (Å²) in [5.41, 5.74) is 10.2. The Balaban J connectivity index is 1.77. The lowest BCUT2D eigenvalue weighted by atomic mass is 9.69. The molecule has 1 aliphatic carbocycles. The maximum absolute atomic E-state index is 13.4. The molecule has 0 unspecified atom stereocenters. The van der Waals surface area contributed by atoms with Gasteiger partial charge in [-0.15, -0.1) is 0 Å². The van der Waals surface area contributed by atoms with Gasteiger partial charge in [-0.1, -0.05) is 37.6 Å². The van der Waals surface area contributed by atoms with Crippen LogP contribution in [0.5, 0.6) is 5.75 Å². The number of nitrogens with two attached hydrogens (primary N) is 1. The van der Waals surface area contributed by atoms with Gasteiger partial charge in [-0.05, 0) is 59.7 Å². The van der Waals surface area contributed by atoms with Crippen LogP contribution in [0.2, 0.25) is 5.02 Å². The number of benzene rings is 2. The van der Waals surface area contributed by atoms with E-state index in [0.717, 1.165) is 22.3 Å². The number of carbonyl (C=O) groups excluding carboxylic acids is 1. The van der Waals surface area contributed by atoms with E-state index in [2.05, 4.69) is 6.07 Å². The number of hydrogen-bond donors (Lipinski definition) is 1. The Bertz CT molecular complexity index is 1300. The van der Waals surface area contributed by atoms with Crippen molar-refractivity contribution in [1.82, 2.24) is 0 Å². The number of carbonyl (C=O) groups is 1. The van der Waals surface area contributed by atoms with Crippen molar-refractivity contribution in [2.45, 2.75) is 53.1 Å². The van der Waals surface area contributed by atoms with Gasteiger partial charge in [-0.25, -0.2) is 4.39 Å². The number of ketones is 1. The van der Waals surface area contributed by atoms with Gasteiger partial charge >= 0.3 is 0 Å². The van der Waals surface area contributed by atoms with Crippen molar-refractivity contribution in [3.63, 3.8) is 0 Å².